The number of amides is 2. The van der Waals surface area contributed by atoms with Crippen LogP contribution in [0.2, 0.25) is 0 Å². The molecule has 2 heterocycles. The number of carbonyl (C=O) groups excluding carboxylic acids is 2. The average molecular weight is 437 g/mol. The van der Waals surface area contributed by atoms with Gasteiger partial charge in [0.1, 0.15) is 11.4 Å². The van der Waals surface area contributed by atoms with E-state index in [2.05, 4.69) is 5.32 Å². The highest BCUT2D eigenvalue weighted by Gasteiger charge is 2.28. The molecule has 1 fully saturated rings. The van der Waals surface area contributed by atoms with Gasteiger partial charge in [-0.05, 0) is 51.7 Å². The van der Waals surface area contributed by atoms with E-state index < -0.39 is 11.7 Å². The lowest BCUT2D eigenvalue weighted by atomic mass is 9.96. The van der Waals surface area contributed by atoms with Gasteiger partial charge in [0, 0.05) is 42.4 Å². The van der Waals surface area contributed by atoms with Crippen molar-refractivity contribution in [2.45, 2.75) is 45.8 Å². The number of methoxy groups -OCH3 is 1. The number of likely N-dealkylation sites (tertiary alicyclic amines) is 1. The molecule has 2 amide bonds. The van der Waals surface area contributed by atoms with Crippen LogP contribution in [0.25, 0.3) is 10.1 Å². The lowest BCUT2D eigenvalue weighted by Crippen LogP contribution is -2.42. The van der Waals surface area contributed by atoms with Crippen molar-refractivity contribution in [1.82, 2.24) is 10.2 Å². The van der Waals surface area contributed by atoms with Gasteiger partial charge >= 0.3 is 6.09 Å². The first kappa shape index (κ1) is 22.5. The Kier molecular flexibility index (Phi) is 6.98. The van der Waals surface area contributed by atoms with E-state index in [0.717, 1.165) is 17.5 Å². The minimum atomic E-state index is -0.524. The van der Waals surface area contributed by atoms with Crippen LogP contribution in [0.3, 0.4) is 0 Å². The second-order valence-electron chi connectivity index (χ2n) is 8.57. The van der Waals surface area contributed by atoms with Gasteiger partial charge in [-0.3, -0.25) is 4.79 Å². The number of hydrogen-bond acceptors (Lipinski definition) is 5. The summed E-state index contributed by atoms with van der Waals surface area (Å²) in [5.41, 5.74) is 0.0954. The normalized spacial score (nSPS) is 15.4. The second kappa shape index (κ2) is 9.31. The van der Waals surface area contributed by atoms with Gasteiger partial charge in [0.15, 0.2) is 0 Å². The largest absolute Gasteiger partial charge is 0.444 e. The summed E-state index contributed by atoms with van der Waals surface area (Å²) in [4.78, 5) is 27.4. The summed E-state index contributed by atoms with van der Waals surface area (Å²) in [5.74, 6) is -0.122. The zero-order chi connectivity index (χ0) is 21.9. The minimum absolute atomic E-state index is 0.0822. The lowest BCUT2D eigenvalue weighted by molar-refractivity contribution is 0.0500. The third-order valence-electron chi connectivity index (χ3n) is 5.08. The van der Waals surface area contributed by atoms with E-state index in [-0.39, 0.29) is 18.3 Å². The van der Waals surface area contributed by atoms with Gasteiger partial charge in [0.05, 0.1) is 11.5 Å². The van der Waals surface area contributed by atoms with Crippen LogP contribution in [0.15, 0.2) is 18.2 Å². The fraction of sp³-hybridized carbons (Fsp3) is 0.545. The molecule has 8 heteroatoms. The van der Waals surface area contributed by atoms with Crippen LogP contribution >= 0.6 is 11.3 Å². The number of piperidine rings is 1. The quantitative estimate of drug-likeness (QED) is 0.746. The van der Waals surface area contributed by atoms with E-state index >= 15 is 0 Å². The molecule has 30 heavy (non-hydrogen) atoms. The first-order valence-electron chi connectivity index (χ1n) is 10.1. The Labute approximate surface area is 180 Å². The molecule has 0 atom stereocenters. The molecule has 1 aliphatic heterocycles. The number of nitrogens with one attached hydrogen (secondary N) is 1. The number of hydrogen-bond donors (Lipinski definition) is 1. The van der Waals surface area contributed by atoms with E-state index in [9.17, 15) is 14.0 Å². The first-order valence-corrected chi connectivity index (χ1v) is 11.0. The van der Waals surface area contributed by atoms with E-state index in [4.69, 9.17) is 9.47 Å². The molecule has 3 rings (SSSR count). The van der Waals surface area contributed by atoms with Crippen LogP contribution in [-0.2, 0) is 16.1 Å². The predicted octanol–water partition coefficient (Wildman–Crippen LogP) is 4.56. The van der Waals surface area contributed by atoms with Crippen LogP contribution < -0.4 is 5.32 Å². The molecule has 0 saturated carbocycles. The highest BCUT2D eigenvalue weighted by Crippen LogP contribution is 2.35. The topological polar surface area (TPSA) is 67.9 Å². The van der Waals surface area contributed by atoms with E-state index in [1.54, 1.807) is 13.2 Å². The SMILES string of the molecule is COCc1c(C(=O)N2CCC(CNC(=O)OC(C)(C)C)CC2)sc2cccc(F)c12. The number of alkyl carbamates (subject to hydrolysis) is 1. The molecule has 0 spiro atoms. The summed E-state index contributed by atoms with van der Waals surface area (Å²) in [6, 6.07) is 4.89. The van der Waals surface area contributed by atoms with Crippen LogP contribution in [0.4, 0.5) is 9.18 Å². The molecule has 0 aliphatic carbocycles. The van der Waals surface area contributed by atoms with Crippen molar-refractivity contribution in [3.63, 3.8) is 0 Å². The number of fused-ring (bicyclic) bond motifs is 1. The van der Waals surface area contributed by atoms with Gasteiger partial charge in [0.25, 0.3) is 5.91 Å². The van der Waals surface area contributed by atoms with Gasteiger partial charge in [-0.25, -0.2) is 9.18 Å². The van der Waals surface area contributed by atoms with Crippen molar-refractivity contribution in [3.8, 4) is 0 Å². The first-order chi connectivity index (χ1) is 14.2. The third kappa shape index (κ3) is 5.29. The maximum absolute atomic E-state index is 14.4. The molecule has 0 unspecified atom stereocenters. The highest BCUT2D eigenvalue weighted by atomic mass is 32.1. The van der Waals surface area contributed by atoms with Crippen molar-refractivity contribution < 1.29 is 23.5 Å². The lowest BCUT2D eigenvalue weighted by Gasteiger charge is -2.32. The molecule has 6 nitrogen and oxygen atoms in total. The second-order valence-corrected chi connectivity index (χ2v) is 9.63. The summed E-state index contributed by atoms with van der Waals surface area (Å²) < 4.78 is 25.6. The molecule has 1 aromatic heterocycles. The van der Waals surface area contributed by atoms with Crippen LogP contribution in [-0.4, -0.2) is 49.2 Å². The van der Waals surface area contributed by atoms with Gasteiger partial charge in [-0.15, -0.1) is 11.3 Å². The number of thiophene rings is 1. The Morgan fingerprint density at radius 2 is 1.97 bits per heavy atom. The molecular formula is C22H29FN2O4S. The fourth-order valence-corrected chi connectivity index (χ4v) is 4.84. The Bertz CT molecular complexity index is 914. The molecule has 1 saturated heterocycles. The number of rotatable bonds is 5. The standard InChI is InChI=1S/C22H29FN2O4S/c1-22(2,3)29-21(27)24-12-14-8-10-25(11-9-14)20(26)19-15(13-28-4)18-16(23)6-5-7-17(18)30-19/h5-7,14H,8-13H2,1-4H3,(H,24,27). The Morgan fingerprint density at radius 3 is 2.60 bits per heavy atom. The minimum Gasteiger partial charge on any atom is -0.444 e. The maximum atomic E-state index is 14.4. The monoisotopic (exact) mass is 436 g/mol. The molecule has 164 valence electrons. The van der Waals surface area contributed by atoms with Crippen LogP contribution in [0, 0.1) is 11.7 Å². The molecule has 1 N–H and O–H groups in total. The number of benzene rings is 1. The molecule has 1 aliphatic rings. The summed E-state index contributed by atoms with van der Waals surface area (Å²) in [7, 11) is 1.54. The number of halogens is 1. The van der Waals surface area contributed by atoms with Crippen molar-refractivity contribution in [1.29, 1.82) is 0 Å². The summed E-state index contributed by atoms with van der Waals surface area (Å²) in [6.45, 7) is 7.40. The van der Waals surface area contributed by atoms with Gasteiger partial charge in [0.2, 0.25) is 0 Å². The molecule has 1 aromatic carbocycles. The summed E-state index contributed by atoms with van der Waals surface area (Å²) in [6.07, 6.45) is 1.17. The van der Waals surface area contributed by atoms with E-state index in [0.29, 0.717) is 41.4 Å². The number of ether oxygens (including phenoxy) is 2. The van der Waals surface area contributed by atoms with Crippen LogP contribution in [0.1, 0.15) is 48.8 Å². The van der Waals surface area contributed by atoms with E-state index in [1.165, 1.54) is 17.4 Å². The Morgan fingerprint density at radius 1 is 1.27 bits per heavy atom. The summed E-state index contributed by atoms with van der Waals surface area (Å²) in [5, 5.41) is 3.29. The number of carbonyl (C=O) groups is 2. The molecule has 2 aromatic rings. The maximum Gasteiger partial charge on any atom is 0.407 e. The van der Waals surface area contributed by atoms with Gasteiger partial charge < -0.3 is 19.7 Å². The van der Waals surface area contributed by atoms with Gasteiger partial charge in [-0.2, -0.15) is 0 Å². The van der Waals surface area contributed by atoms with Crippen molar-refractivity contribution in [3.05, 3.63) is 34.5 Å². The third-order valence-corrected chi connectivity index (χ3v) is 6.27. The van der Waals surface area contributed by atoms with Crippen LogP contribution in [0.5, 0.6) is 0 Å². The van der Waals surface area contributed by atoms with Crippen molar-refractivity contribution in [2.24, 2.45) is 5.92 Å². The van der Waals surface area contributed by atoms with E-state index in [1.807, 2.05) is 31.7 Å². The van der Waals surface area contributed by atoms with Gasteiger partial charge in [-0.1, -0.05) is 6.07 Å². The zero-order valence-electron chi connectivity index (χ0n) is 17.9. The zero-order valence-corrected chi connectivity index (χ0v) is 18.7. The average Bonchev–Trinajstić information content (AvgIpc) is 3.05. The molecular weight excluding hydrogens is 407 g/mol. The predicted molar refractivity (Wildman–Crippen MR) is 115 cm³/mol. The number of nitrogens with zero attached hydrogens (tertiary/aromatic N) is 1. The highest BCUT2D eigenvalue weighted by molar-refractivity contribution is 7.21. The summed E-state index contributed by atoms with van der Waals surface area (Å²) >= 11 is 1.32. The molecule has 0 radical (unpaired) electrons. The fourth-order valence-electron chi connectivity index (χ4n) is 3.65. The Hall–Kier alpha value is -2.19. The smallest absolute Gasteiger partial charge is 0.407 e. The Balaban J connectivity index is 1.62. The molecule has 0 bridgehead atoms. The van der Waals surface area contributed by atoms with Crippen molar-refractivity contribution in [2.75, 3.05) is 26.7 Å². The van der Waals surface area contributed by atoms with Crippen molar-refractivity contribution >= 4 is 33.4 Å².